The lowest BCUT2D eigenvalue weighted by Gasteiger charge is -2.23. The summed E-state index contributed by atoms with van der Waals surface area (Å²) in [6.45, 7) is 0.628. The minimum absolute atomic E-state index is 0.215. The highest BCUT2D eigenvalue weighted by Gasteiger charge is 2.34. The van der Waals surface area contributed by atoms with Gasteiger partial charge < -0.3 is 24.1 Å². The van der Waals surface area contributed by atoms with E-state index in [1.165, 1.54) is 0 Å². The number of carbonyl (C=O) groups excluding carboxylic acids is 1. The van der Waals surface area contributed by atoms with Crippen LogP contribution in [-0.2, 0) is 0 Å². The van der Waals surface area contributed by atoms with Gasteiger partial charge in [0.1, 0.15) is 23.1 Å². The summed E-state index contributed by atoms with van der Waals surface area (Å²) in [5, 5.41) is 2.96. The van der Waals surface area contributed by atoms with Crippen molar-refractivity contribution in [2.75, 3.05) is 26.1 Å². The summed E-state index contributed by atoms with van der Waals surface area (Å²) in [7, 11) is 3.15. The number of hydrogen-bond acceptors (Lipinski definition) is 5. The molecule has 1 unspecified atom stereocenters. The molecule has 3 aromatic carbocycles. The molecule has 1 saturated heterocycles. The summed E-state index contributed by atoms with van der Waals surface area (Å²) in [6, 6.07) is 21.0. The number of benzene rings is 3. The Balaban J connectivity index is 1.38. The minimum Gasteiger partial charge on any atom is -0.497 e. The largest absolute Gasteiger partial charge is 0.497 e. The number of nitrogens with one attached hydrogen (secondary N) is 1. The zero-order chi connectivity index (χ0) is 22.8. The van der Waals surface area contributed by atoms with Crippen LogP contribution in [0.1, 0.15) is 24.8 Å². The summed E-state index contributed by atoms with van der Waals surface area (Å²) in [6.07, 6.45) is 1.68. The van der Waals surface area contributed by atoms with Gasteiger partial charge in [0.05, 0.1) is 19.9 Å². The topological polar surface area (TPSA) is 76.8 Å². The molecule has 5 rings (SSSR count). The van der Waals surface area contributed by atoms with Crippen LogP contribution in [0.25, 0.3) is 22.2 Å². The number of urea groups is 1. The number of nitrogens with zero attached hydrogens (tertiary/aromatic N) is 2. The monoisotopic (exact) mass is 443 g/mol. The van der Waals surface area contributed by atoms with Gasteiger partial charge in [-0.05, 0) is 48.2 Å². The zero-order valence-electron chi connectivity index (χ0n) is 18.6. The van der Waals surface area contributed by atoms with E-state index in [0.717, 1.165) is 29.5 Å². The number of anilines is 1. The lowest BCUT2D eigenvalue weighted by atomic mass is 10.1. The van der Waals surface area contributed by atoms with Gasteiger partial charge in [0, 0.05) is 12.6 Å². The highest BCUT2D eigenvalue weighted by atomic mass is 16.5. The number of hydrogen-bond donors (Lipinski definition) is 1. The standard InChI is InChI=1S/C26H25N3O4/c1-31-19-11-12-20(24(16-19)32-2)28-26(30)29-14-6-9-22(29)25-27-21-15-18(10-13-23(21)33-25)17-7-4-3-5-8-17/h3-5,7-8,10-13,15-16,22H,6,9,14H2,1-2H3,(H,28,30). The second kappa shape index (κ2) is 8.86. The fourth-order valence-electron chi connectivity index (χ4n) is 4.25. The SMILES string of the molecule is COc1ccc(NC(=O)N2CCCC2c2nc3cc(-c4ccccc4)ccc3o2)c(OC)c1. The predicted octanol–water partition coefficient (Wildman–Crippen LogP) is 5.88. The maximum atomic E-state index is 13.1. The molecular weight excluding hydrogens is 418 g/mol. The molecule has 0 aliphatic carbocycles. The normalized spacial score (nSPS) is 15.6. The predicted molar refractivity (Wildman–Crippen MR) is 127 cm³/mol. The number of likely N-dealkylation sites (tertiary alicyclic amines) is 1. The van der Waals surface area contributed by atoms with Gasteiger partial charge in [-0.25, -0.2) is 9.78 Å². The van der Waals surface area contributed by atoms with E-state index >= 15 is 0 Å². The average Bonchev–Trinajstić information content (AvgIpc) is 3.51. The Morgan fingerprint density at radius 1 is 1.03 bits per heavy atom. The molecule has 2 heterocycles. The van der Waals surface area contributed by atoms with Gasteiger partial charge in [-0.1, -0.05) is 36.4 Å². The number of ether oxygens (including phenoxy) is 2. The van der Waals surface area contributed by atoms with Crippen molar-refractivity contribution in [3.05, 3.63) is 72.6 Å². The molecule has 0 saturated carbocycles. The van der Waals surface area contributed by atoms with Crippen molar-refractivity contribution >= 4 is 22.8 Å². The average molecular weight is 444 g/mol. The summed E-state index contributed by atoms with van der Waals surface area (Å²) in [4.78, 5) is 19.7. The smallest absolute Gasteiger partial charge is 0.322 e. The summed E-state index contributed by atoms with van der Waals surface area (Å²) >= 11 is 0. The van der Waals surface area contributed by atoms with E-state index in [0.29, 0.717) is 35.2 Å². The molecule has 0 radical (unpaired) electrons. The zero-order valence-corrected chi connectivity index (χ0v) is 18.6. The first-order valence-electron chi connectivity index (χ1n) is 10.9. The lowest BCUT2D eigenvalue weighted by molar-refractivity contribution is 0.198. The van der Waals surface area contributed by atoms with Crippen molar-refractivity contribution in [3.63, 3.8) is 0 Å². The van der Waals surface area contributed by atoms with E-state index < -0.39 is 0 Å². The molecule has 1 N–H and O–H groups in total. The molecule has 0 spiro atoms. The maximum absolute atomic E-state index is 13.1. The number of amides is 2. The van der Waals surface area contributed by atoms with Crippen molar-refractivity contribution in [1.82, 2.24) is 9.88 Å². The molecule has 7 heteroatoms. The van der Waals surface area contributed by atoms with E-state index in [1.807, 2.05) is 36.4 Å². The molecule has 168 valence electrons. The first-order chi connectivity index (χ1) is 16.2. The van der Waals surface area contributed by atoms with Gasteiger partial charge in [0.25, 0.3) is 0 Å². The number of carbonyl (C=O) groups is 1. The first kappa shape index (κ1) is 20.9. The Labute approximate surface area is 191 Å². The van der Waals surface area contributed by atoms with Gasteiger partial charge in [0.15, 0.2) is 5.58 Å². The van der Waals surface area contributed by atoms with Crippen molar-refractivity contribution in [2.24, 2.45) is 0 Å². The molecule has 2 amide bonds. The quantitative estimate of drug-likeness (QED) is 0.417. The molecule has 1 aliphatic rings. The third-order valence-corrected chi connectivity index (χ3v) is 5.96. The van der Waals surface area contributed by atoms with Crippen molar-refractivity contribution in [2.45, 2.75) is 18.9 Å². The van der Waals surface area contributed by atoms with Crippen molar-refractivity contribution in [3.8, 4) is 22.6 Å². The molecule has 1 aromatic heterocycles. The van der Waals surface area contributed by atoms with Gasteiger partial charge in [-0.2, -0.15) is 0 Å². The van der Waals surface area contributed by atoms with E-state index in [9.17, 15) is 4.79 Å². The minimum atomic E-state index is -0.221. The summed E-state index contributed by atoms with van der Waals surface area (Å²) in [5.41, 5.74) is 4.29. The van der Waals surface area contributed by atoms with E-state index in [4.69, 9.17) is 18.9 Å². The van der Waals surface area contributed by atoms with Crippen molar-refractivity contribution in [1.29, 1.82) is 0 Å². The van der Waals surface area contributed by atoms with Gasteiger partial charge in [0.2, 0.25) is 5.89 Å². The van der Waals surface area contributed by atoms with Gasteiger partial charge >= 0.3 is 6.03 Å². The molecule has 0 bridgehead atoms. The Bertz CT molecular complexity index is 1290. The van der Waals surface area contributed by atoms with E-state index in [2.05, 4.69) is 17.4 Å². The Morgan fingerprint density at radius 2 is 1.88 bits per heavy atom. The summed E-state index contributed by atoms with van der Waals surface area (Å²) in [5.74, 6) is 1.75. The number of rotatable bonds is 5. The third kappa shape index (κ3) is 4.09. The van der Waals surface area contributed by atoms with E-state index in [-0.39, 0.29) is 12.1 Å². The first-order valence-corrected chi connectivity index (χ1v) is 10.9. The van der Waals surface area contributed by atoms with Gasteiger partial charge in [-0.3, -0.25) is 0 Å². The number of oxazole rings is 1. The number of fused-ring (bicyclic) bond motifs is 1. The van der Waals surface area contributed by atoms with Crippen LogP contribution in [0.5, 0.6) is 11.5 Å². The molecule has 1 atom stereocenters. The fourth-order valence-corrected chi connectivity index (χ4v) is 4.25. The van der Waals surface area contributed by atoms with Crippen LogP contribution in [0.4, 0.5) is 10.5 Å². The van der Waals surface area contributed by atoms with E-state index in [1.54, 1.807) is 37.3 Å². The highest BCUT2D eigenvalue weighted by Crippen LogP contribution is 2.36. The van der Waals surface area contributed by atoms with Crippen LogP contribution < -0.4 is 14.8 Å². The number of aromatic nitrogens is 1. The Kier molecular flexibility index (Phi) is 5.60. The van der Waals surface area contributed by atoms with Crippen molar-refractivity contribution < 1.29 is 18.7 Å². The van der Waals surface area contributed by atoms with Crippen LogP contribution in [0.15, 0.2) is 71.1 Å². The molecule has 7 nitrogen and oxygen atoms in total. The summed E-state index contributed by atoms with van der Waals surface area (Å²) < 4.78 is 16.7. The van der Waals surface area contributed by atoms with Crippen LogP contribution in [0.3, 0.4) is 0 Å². The van der Waals surface area contributed by atoms with Gasteiger partial charge in [-0.15, -0.1) is 0 Å². The second-order valence-electron chi connectivity index (χ2n) is 7.95. The van der Waals surface area contributed by atoms with Crippen LogP contribution in [0.2, 0.25) is 0 Å². The Morgan fingerprint density at radius 3 is 2.67 bits per heavy atom. The molecule has 4 aromatic rings. The maximum Gasteiger partial charge on any atom is 0.322 e. The molecule has 1 fully saturated rings. The van der Waals surface area contributed by atoms with Crippen LogP contribution in [-0.4, -0.2) is 36.7 Å². The second-order valence-corrected chi connectivity index (χ2v) is 7.95. The van der Waals surface area contributed by atoms with Crippen LogP contribution in [0, 0.1) is 0 Å². The third-order valence-electron chi connectivity index (χ3n) is 5.96. The molecule has 1 aliphatic heterocycles. The highest BCUT2D eigenvalue weighted by molar-refractivity contribution is 5.91. The Hall–Kier alpha value is -4.00. The molecular formula is C26H25N3O4. The van der Waals surface area contributed by atoms with Crippen LogP contribution >= 0.6 is 0 Å². The lowest BCUT2D eigenvalue weighted by Crippen LogP contribution is -2.34. The fraction of sp³-hybridized carbons (Fsp3) is 0.231. The molecule has 33 heavy (non-hydrogen) atoms. The number of methoxy groups -OCH3 is 2.